The van der Waals surface area contributed by atoms with Crippen molar-refractivity contribution in [3.63, 3.8) is 0 Å². The van der Waals surface area contributed by atoms with E-state index in [1.807, 2.05) is 6.07 Å². The number of ether oxygens (including phenoxy) is 2. The van der Waals surface area contributed by atoms with Crippen molar-refractivity contribution in [2.45, 2.75) is 19.8 Å². The fraction of sp³-hybridized carbons (Fsp3) is 0.286. The summed E-state index contributed by atoms with van der Waals surface area (Å²) in [6.07, 6.45) is 1.36. The van der Waals surface area contributed by atoms with Gasteiger partial charge in [-0.3, -0.25) is 9.59 Å². The number of carboxylic acid groups (broad SMARTS) is 1. The third kappa shape index (κ3) is 5.04. The van der Waals surface area contributed by atoms with Crippen LogP contribution in [0.25, 0.3) is 0 Å². The summed E-state index contributed by atoms with van der Waals surface area (Å²) in [4.78, 5) is 37.0. The number of carbonyl (C=O) groups is 3. The highest BCUT2D eigenvalue weighted by Crippen LogP contribution is 2.29. The van der Waals surface area contributed by atoms with Gasteiger partial charge in [0.2, 0.25) is 5.91 Å². The van der Waals surface area contributed by atoms with Gasteiger partial charge in [0.15, 0.2) is 18.1 Å². The van der Waals surface area contributed by atoms with Crippen LogP contribution >= 0.6 is 0 Å². The topological polar surface area (TPSA) is 105 Å². The van der Waals surface area contributed by atoms with E-state index >= 15 is 0 Å². The zero-order valence-electron chi connectivity index (χ0n) is 16.0. The second-order valence-corrected chi connectivity index (χ2v) is 6.43. The Labute approximate surface area is 168 Å². The van der Waals surface area contributed by atoms with E-state index in [2.05, 4.69) is 5.32 Å². The number of nitrogens with zero attached hydrogens (tertiary/aromatic N) is 1. The van der Waals surface area contributed by atoms with Crippen molar-refractivity contribution in [2.24, 2.45) is 0 Å². The summed E-state index contributed by atoms with van der Waals surface area (Å²) in [5.41, 5.74) is 1.65. The Balaban J connectivity index is 1.75. The van der Waals surface area contributed by atoms with Crippen molar-refractivity contribution in [1.29, 1.82) is 0 Å². The van der Waals surface area contributed by atoms with Gasteiger partial charge in [0.25, 0.3) is 5.91 Å². The van der Waals surface area contributed by atoms with Gasteiger partial charge in [-0.25, -0.2) is 4.79 Å². The van der Waals surface area contributed by atoms with Crippen molar-refractivity contribution in [3.05, 3.63) is 48.0 Å². The number of carboxylic acids is 1. The molecule has 1 aliphatic heterocycles. The lowest BCUT2D eigenvalue weighted by Crippen LogP contribution is -2.23. The molecule has 0 unspecified atom stereocenters. The van der Waals surface area contributed by atoms with Crippen LogP contribution < -0.4 is 19.7 Å². The number of carbonyl (C=O) groups excluding carboxylic acids is 2. The molecule has 2 N–H and O–H groups in total. The number of anilines is 2. The highest BCUT2D eigenvalue weighted by atomic mass is 16.5. The van der Waals surface area contributed by atoms with Gasteiger partial charge >= 0.3 is 5.97 Å². The molecule has 2 aromatic carbocycles. The minimum absolute atomic E-state index is 0.0757. The van der Waals surface area contributed by atoms with E-state index in [1.165, 1.54) is 18.2 Å². The van der Waals surface area contributed by atoms with Crippen molar-refractivity contribution in [1.82, 2.24) is 0 Å². The van der Waals surface area contributed by atoms with E-state index in [0.29, 0.717) is 30.8 Å². The first-order valence-electron chi connectivity index (χ1n) is 9.31. The largest absolute Gasteiger partial charge is 0.490 e. The lowest BCUT2D eigenvalue weighted by molar-refractivity contribution is -0.139. The first-order chi connectivity index (χ1) is 14.0. The van der Waals surface area contributed by atoms with Crippen molar-refractivity contribution in [2.75, 3.05) is 30.0 Å². The van der Waals surface area contributed by atoms with Crippen LogP contribution in [0, 0.1) is 0 Å². The average Bonchev–Trinajstić information content (AvgIpc) is 3.13. The molecule has 0 radical (unpaired) electrons. The maximum atomic E-state index is 12.7. The molecule has 0 aromatic heterocycles. The fourth-order valence-corrected chi connectivity index (χ4v) is 3.05. The Bertz CT molecular complexity index is 927. The number of aliphatic carboxylic acids is 1. The number of amides is 2. The molecule has 1 saturated heterocycles. The molecule has 0 aliphatic carbocycles. The molecule has 8 nitrogen and oxygen atoms in total. The number of nitrogens with one attached hydrogen (secondary N) is 1. The molecule has 2 amide bonds. The molecule has 2 aromatic rings. The Morgan fingerprint density at radius 1 is 1.14 bits per heavy atom. The second-order valence-electron chi connectivity index (χ2n) is 6.43. The summed E-state index contributed by atoms with van der Waals surface area (Å²) in [7, 11) is 0. The van der Waals surface area contributed by atoms with Crippen LogP contribution in [0.2, 0.25) is 0 Å². The summed E-state index contributed by atoms with van der Waals surface area (Å²) in [5.74, 6) is -0.851. The number of hydrogen-bond acceptors (Lipinski definition) is 5. The second kappa shape index (κ2) is 9.09. The summed E-state index contributed by atoms with van der Waals surface area (Å²) in [6.45, 7) is 2.28. The lowest BCUT2D eigenvalue weighted by Gasteiger charge is -2.17. The molecule has 0 bridgehead atoms. The van der Waals surface area contributed by atoms with Crippen LogP contribution in [-0.4, -0.2) is 42.6 Å². The Morgan fingerprint density at radius 2 is 1.97 bits per heavy atom. The fourth-order valence-electron chi connectivity index (χ4n) is 3.05. The van der Waals surface area contributed by atoms with E-state index in [9.17, 15) is 14.4 Å². The zero-order valence-corrected chi connectivity index (χ0v) is 16.0. The van der Waals surface area contributed by atoms with Crippen LogP contribution in [-0.2, 0) is 9.59 Å². The van der Waals surface area contributed by atoms with Gasteiger partial charge < -0.3 is 24.8 Å². The molecule has 152 valence electrons. The van der Waals surface area contributed by atoms with Crippen molar-refractivity contribution >= 4 is 29.2 Å². The van der Waals surface area contributed by atoms with E-state index in [4.69, 9.17) is 14.6 Å². The molecule has 1 aliphatic rings. The van der Waals surface area contributed by atoms with Crippen LogP contribution in [0.1, 0.15) is 30.1 Å². The molecule has 1 fully saturated rings. The maximum absolute atomic E-state index is 12.7. The van der Waals surface area contributed by atoms with Crippen LogP contribution in [0.15, 0.2) is 42.5 Å². The van der Waals surface area contributed by atoms with Gasteiger partial charge in [0.05, 0.1) is 6.61 Å². The van der Waals surface area contributed by atoms with Crippen LogP contribution in [0.3, 0.4) is 0 Å². The standard InChI is InChI=1S/C21H22N2O6/c1-2-28-18-11-14(8-9-17(18)29-13-20(25)26)21(27)22-15-5-3-6-16(12-15)23-10-4-7-19(23)24/h3,5-6,8-9,11-12H,2,4,7,10,13H2,1H3,(H,22,27)(H,25,26). The molecular formula is C21H22N2O6. The summed E-state index contributed by atoms with van der Waals surface area (Å²) < 4.78 is 10.7. The number of rotatable bonds is 8. The molecule has 29 heavy (non-hydrogen) atoms. The first-order valence-corrected chi connectivity index (χ1v) is 9.31. The molecule has 3 rings (SSSR count). The normalized spacial score (nSPS) is 13.3. The minimum Gasteiger partial charge on any atom is -0.490 e. The summed E-state index contributed by atoms with van der Waals surface area (Å²) >= 11 is 0. The minimum atomic E-state index is -1.11. The van der Waals surface area contributed by atoms with E-state index in [-0.39, 0.29) is 23.3 Å². The van der Waals surface area contributed by atoms with Crippen molar-refractivity contribution in [3.8, 4) is 11.5 Å². The van der Waals surface area contributed by atoms with Gasteiger partial charge in [-0.2, -0.15) is 0 Å². The third-order valence-electron chi connectivity index (χ3n) is 4.35. The van der Waals surface area contributed by atoms with Gasteiger partial charge in [0, 0.05) is 29.9 Å². The zero-order chi connectivity index (χ0) is 20.8. The maximum Gasteiger partial charge on any atom is 0.341 e. The molecule has 0 spiro atoms. The average molecular weight is 398 g/mol. The number of benzene rings is 2. The van der Waals surface area contributed by atoms with Crippen LogP contribution in [0.4, 0.5) is 11.4 Å². The molecule has 8 heteroatoms. The van der Waals surface area contributed by atoms with E-state index in [0.717, 1.165) is 12.1 Å². The SMILES string of the molecule is CCOc1cc(C(=O)Nc2cccc(N3CCCC3=O)c2)ccc1OCC(=O)O. The molecular weight excluding hydrogens is 376 g/mol. The highest BCUT2D eigenvalue weighted by Gasteiger charge is 2.22. The lowest BCUT2D eigenvalue weighted by atomic mass is 10.1. The summed E-state index contributed by atoms with van der Waals surface area (Å²) in [5, 5.41) is 11.6. The third-order valence-corrected chi connectivity index (χ3v) is 4.35. The molecule has 1 heterocycles. The Morgan fingerprint density at radius 3 is 2.66 bits per heavy atom. The predicted octanol–water partition coefficient (Wildman–Crippen LogP) is 2.93. The molecule has 0 saturated carbocycles. The Hall–Kier alpha value is -3.55. The Kier molecular flexibility index (Phi) is 6.33. The smallest absolute Gasteiger partial charge is 0.341 e. The monoisotopic (exact) mass is 398 g/mol. The van der Waals surface area contributed by atoms with Gasteiger partial charge in [-0.1, -0.05) is 6.07 Å². The quantitative estimate of drug-likeness (QED) is 0.708. The summed E-state index contributed by atoms with van der Waals surface area (Å²) in [6, 6.07) is 11.7. The number of hydrogen-bond donors (Lipinski definition) is 2. The van der Waals surface area contributed by atoms with E-state index in [1.54, 1.807) is 30.0 Å². The van der Waals surface area contributed by atoms with Gasteiger partial charge in [-0.05, 0) is 49.7 Å². The van der Waals surface area contributed by atoms with Crippen LogP contribution in [0.5, 0.6) is 11.5 Å². The molecule has 0 atom stereocenters. The van der Waals surface area contributed by atoms with Gasteiger partial charge in [-0.15, -0.1) is 0 Å². The van der Waals surface area contributed by atoms with Gasteiger partial charge in [0.1, 0.15) is 0 Å². The first kappa shape index (κ1) is 20.2. The highest BCUT2D eigenvalue weighted by molar-refractivity contribution is 6.05. The predicted molar refractivity (Wildman–Crippen MR) is 107 cm³/mol. The van der Waals surface area contributed by atoms with E-state index < -0.39 is 12.6 Å². The van der Waals surface area contributed by atoms with Crippen molar-refractivity contribution < 1.29 is 29.0 Å².